The van der Waals surface area contributed by atoms with E-state index in [1.54, 1.807) is 0 Å². The Morgan fingerprint density at radius 1 is 0.949 bits per heavy atom. The molecule has 39 heavy (non-hydrogen) atoms. The molecule has 1 spiro atoms. The van der Waals surface area contributed by atoms with Gasteiger partial charge in [-0.2, -0.15) is 26.3 Å². The highest BCUT2D eigenvalue weighted by Gasteiger charge is 2.48. The first-order valence-corrected chi connectivity index (χ1v) is 12.4. The second-order valence-electron chi connectivity index (χ2n) is 9.89. The first kappa shape index (κ1) is 30.7. The van der Waals surface area contributed by atoms with Crippen LogP contribution >= 0.6 is 0 Å². The van der Waals surface area contributed by atoms with E-state index in [1.165, 1.54) is 19.4 Å². The summed E-state index contributed by atoms with van der Waals surface area (Å²) in [6, 6.07) is 0. The molecule has 4 aliphatic rings. The van der Waals surface area contributed by atoms with Gasteiger partial charge in [0.25, 0.3) is 5.91 Å². The molecule has 1 aromatic rings. The molecular weight excluding hydrogens is 542 g/mol. The van der Waals surface area contributed by atoms with E-state index >= 15 is 0 Å². The third-order valence-electron chi connectivity index (χ3n) is 6.91. The molecule has 2 saturated heterocycles. The SMILES string of the molecule is O=C(C1Cn2ccnc2C2(CCN(CC3CC3)CC2)O1)N1CCCC1.O=C(O)C(F)(F)F.O=C(O)C(F)(F)F. The van der Waals surface area contributed by atoms with Crippen LogP contribution in [0.2, 0.25) is 0 Å². The molecule has 4 heterocycles. The fraction of sp³-hybridized carbons (Fsp3) is 0.739. The van der Waals surface area contributed by atoms with Crippen LogP contribution in [-0.4, -0.2) is 98.6 Å². The third-order valence-corrected chi connectivity index (χ3v) is 6.91. The minimum Gasteiger partial charge on any atom is -0.475 e. The number of carbonyl (C=O) groups excluding carboxylic acids is 1. The van der Waals surface area contributed by atoms with E-state index in [1.807, 2.05) is 17.3 Å². The molecule has 1 atom stereocenters. The zero-order valence-electron chi connectivity index (χ0n) is 20.9. The Morgan fingerprint density at radius 2 is 1.46 bits per heavy atom. The monoisotopic (exact) mass is 572 g/mol. The Balaban J connectivity index is 0.000000251. The number of halogens is 6. The number of hydrogen-bond donors (Lipinski definition) is 2. The zero-order chi connectivity index (χ0) is 29.0. The summed E-state index contributed by atoms with van der Waals surface area (Å²) < 4.78 is 72.2. The molecule has 3 fully saturated rings. The van der Waals surface area contributed by atoms with Gasteiger partial charge in [0.05, 0.1) is 6.54 Å². The first-order valence-electron chi connectivity index (χ1n) is 12.4. The summed E-state index contributed by atoms with van der Waals surface area (Å²) in [4.78, 5) is 39.9. The highest BCUT2D eigenvalue weighted by Crippen LogP contribution is 2.41. The van der Waals surface area contributed by atoms with E-state index in [0.717, 1.165) is 63.6 Å². The third kappa shape index (κ3) is 8.30. The van der Waals surface area contributed by atoms with Crippen molar-refractivity contribution in [3.8, 4) is 0 Å². The number of carbonyl (C=O) groups is 3. The van der Waals surface area contributed by atoms with Crippen molar-refractivity contribution in [1.29, 1.82) is 0 Å². The lowest BCUT2D eigenvalue weighted by Crippen LogP contribution is -2.54. The molecule has 16 heteroatoms. The van der Waals surface area contributed by atoms with Gasteiger partial charge in [-0.3, -0.25) is 4.79 Å². The van der Waals surface area contributed by atoms with Gasteiger partial charge in [0.15, 0.2) is 6.10 Å². The molecule has 10 nitrogen and oxygen atoms in total. The molecule has 1 aliphatic carbocycles. The topological polar surface area (TPSA) is 125 Å². The summed E-state index contributed by atoms with van der Waals surface area (Å²) in [5.74, 6) is -3.38. The molecule has 220 valence electrons. The Bertz CT molecular complexity index is 987. The van der Waals surface area contributed by atoms with Crippen LogP contribution in [0.4, 0.5) is 26.3 Å². The van der Waals surface area contributed by atoms with Crippen molar-refractivity contribution in [2.45, 2.75) is 69.1 Å². The summed E-state index contributed by atoms with van der Waals surface area (Å²) in [5.41, 5.74) is -0.373. The Labute approximate surface area is 219 Å². The summed E-state index contributed by atoms with van der Waals surface area (Å²) in [7, 11) is 0. The number of likely N-dealkylation sites (tertiary alicyclic amines) is 2. The van der Waals surface area contributed by atoms with Crippen LogP contribution in [0.25, 0.3) is 0 Å². The van der Waals surface area contributed by atoms with E-state index in [9.17, 15) is 31.1 Å². The molecule has 1 saturated carbocycles. The van der Waals surface area contributed by atoms with Gasteiger partial charge in [-0.25, -0.2) is 14.6 Å². The van der Waals surface area contributed by atoms with Gasteiger partial charge in [0, 0.05) is 45.1 Å². The Kier molecular flexibility index (Phi) is 9.51. The summed E-state index contributed by atoms with van der Waals surface area (Å²) in [6.45, 7) is 5.72. The van der Waals surface area contributed by atoms with Crippen LogP contribution in [0.3, 0.4) is 0 Å². The first-order chi connectivity index (χ1) is 18.1. The molecular formula is C23H30F6N4O6. The van der Waals surface area contributed by atoms with Gasteiger partial charge < -0.3 is 29.3 Å². The minimum absolute atomic E-state index is 0.177. The van der Waals surface area contributed by atoms with E-state index < -0.39 is 24.3 Å². The molecule has 2 N–H and O–H groups in total. The highest BCUT2D eigenvalue weighted by molar-refractivity contribution is 5.81. The number of carboxylic acids is 2. The van der Waals surface area contributed by atoms with Crippen molar-refractivity contribution in [2.24, 2.45) is 5.92 Å². The molecule has 1 unspecified atom stereocenters. The molecule has 5 rings (SSSR count). The number of ether oxygens (including phenoxy) is 1. The number of alkyl halides is 6. The Hall–Kier alpha value is -2.88. The second kappa shape index (κ2) is 12.1. The number of fused-ring (bicyclic) bond motifs is 2. The van der Waals surface area contributed by atoms with E-state index in [0.29, 0.717) is 6.54 Å². The maximum atomic E-state index is 12.9. The van der Waals surface area contributed by atoms with Gasteiger partial charge >= 0.3 is 24.3 Å². The molecule has 3 aliphatic heterocycles. The van der Waals surface area contributed by atoms with Crippen molar-refractivity contribution in [1.82, 2.24) is 19.4 Å². The molecule has 0 aromatic carbocycles. The van der Waals surface area contributed by atoms with Crippen LogP contribution in [0, 0.1) is 5.92 Å². The van der Waals surface area contributed by atoms with Gasteiger partial charge in [-0.1, -0.05) is 0 Å². The smallest absolute Gasteiger partial charge is 0.475 e. The van der Waals surface area contributed by atoms with Crippen molar-refractivity contribution >= 4 is 17.8 Å². The number of hydrogen-bond acceptors (Lipinski definition) is 6. The van der Waals surface area contributed by atoms with Crippen molar-refractivity contribution in [3.63, 3.8) is 0 Å². The average molecular weight is 573 g/mol. The van der Waals surface area contributed by atoms with E-state index in [-0.39, 0.29) is 17.6 Å². The van der Waals surface area contributed by atoms with Crippen LogP contribution in [0.15, 0.2) is 12.4 Å². The van der Waals surface area contributed by atoms with Crippen molar-refractivity contribution < 1.29 is 55.7 Å². The summed E-state index contributed by atoms with van der Waals surface area (Å²) in [6.07, 6.45) is 0.284. The van der Waals surface area contributed by atoms with E-state index in [4.69, 9.17) is 24.5 Å². The van der Waals surface area contributed by atoms with Crippen LogP contribution in [0.5, 0.6) is 0 Å². The van der Waals surface area contributed by atoms with Crippen molar-refractivity contribution in [2.75, 3.05) is 32.7 Å². The number of carboxylic acid groups (broad SMARTS) is 2. The quantitative estimate of drug-likeness (QED) is 0.530. The molecule has 0 bridgehead atoms. The Morgan fingerprint density at radius 3 is 1.92 bits per heavy atom. The predicted molar refractivity (Wildman–Crippen MR) is 120 cm³/mol. The number of rotatable bonds is 3. The van der Waals surface area contributed by atoms with E-state index in [2.05, 4.69) is 14.5 Å². The summed E-state index contributed by atoms with van der Waals surface area (Å²) in [5, 5.41) is 14.2. The van der Waals surface area contributed by atoms with Gasteiger partial charge in [0.1, 0.15) is 11.4 Å². The zero-order valence-corrected chi connectivity index (χ0v) is 20.9. The highest BCUT2D eigenvalue weighted by atomic mass is 19.4. The maximum Gasteiger partial charge on any atom is 0.490 e. The number of amides is 1. The van der Waals surface area contributed by atoms with Gasteiger partial charge in [0.2, 0.25) is 0 Å². The average Bonchev–Trinajstić information content (AvgIpc) is 3.29. The van der Waals surface area contributed by atoms with Crippen LogP contribution < -0.4 is 0 Å². The lowest BCUT2D eigenvalue weighted by molar-refractivity contribution is -0.193. The lowest BCUT2D eigenvalue weighted by Gasteiger charge is -2.46. The molecule has 1 aromatic heterocycles. The maximum absolute atomic E-state index is 12.9. The summed E-state index contributed by atoms with van der Waals surface area (Å²) >= 11 is 0. The van der Waals surface area contributed by atoms with Gasteiger partial charge in [-0.05, 0) is 44.4 Å². The number of aromatic nitrogens is 2. The largest absolute Gasteiger partial charge is 0.490 e. The van der Waals surface area contributed by atoms with Crippen LogP contribution in [-0.2, 0) is 31.3 Å². The van der Waals surface area contributed by atoms with Crippen LogP contribution in [0.1, 0.15) is 44.3 Å². The lowest BCUT2D eigenvalue weighted by atomic mass is 9.88. The second-order valence-corrected chi connectivity index (χ2v) is 9.89. The predicted octanol–water partition coefficient (Wildman–Crippen LogP) is 2.87. The number of imidazole rings is 1. The molecule has 1 amide bonds. The number of nitrogens with zero attached hydrogens (tertiary/aromatic N) is 4. The molecule has 0 radical (unpaired) electrons. The standard InChI is InChI=1S/C19H28N4O2.2C2HF3O2/c24-17(22-8-1-2-9-22)16-14-23-12-7-20-18(23)19(25-16)5-10-21(11-6-19)13-15-3-4-15;2*3-2(4,5)1(6)7/h7,12,15-16H,1-6,8-11,13-14H2;2*(H,6,7). The number of piperidine rings is 1. The fourth-order valence-corrected chi connectivity index (χ4v) is 4.77. The normalized spacial score (nSPS) is 22.7. The van der Waals surface area contributed by atoms with Crippen molar-refractivity contribution in [3.05, 3.63) is 18.2 Å². The van der Waals surface area contributed by atoms with Gasteiger partial charge in [-0.15, -0.1) is 0 Å². The number of aliphatic carboxylic acids is 2. The minimum atomic E-state index is -5.08. The fourth-order valence-electron chi connectivity index (χ4n) is 4.77.